The number of ether oxygens (including phenoxy) is 1. The zero-order valence-electron chi connectivity index (χ0n) is 9.77. The van der Waals surface area contributed by atoms with Crippen LogP contribution in [0.5, 0.6) is 0 Å². The molecule has 1 N–H and O–H groups in total. The largest absolute Gasteiger partial charge is 0.444 e. The number of pyridine rings is 1. The molecule has 2 rings (SSSR count). The summed E-state index contributed by atoms with van der Waals surface area (Å²) in [5, 5.41) is 2.95. The van der Waals surface area contributed by atoms with Gasteiger partial charge in [-0.1, -0.05) is 41.9 Å². The van der Waals surface area contributed by atoms with Crippen molar-refractivity contribution >= 4 is 46.0 Å². The van der Waals surface area contributed by atoms with E-state index in [0.29, 0.717) is 10.8 Å². The van der Waals surface area contributed by atoms with Gasteiger partial charge in [0.25, 0.3) is 0 Å². The fourth-order valence-corrected chi connectivity index (χ4v) is 1.97. The third-order valence-corrected chi connectivity index (χ3v) is 3.34. The molecule has 19 heavy (non-hydrogen) atoms. The first-order valence-corrected chi connectivity index (χ1v) is 6.89. The minimum atomic E-state index is -0.524. The molecule has 1 aromatic heterocycles. The molecule has 0 spiro atoms. The Bertz CT molecular complexity index is 578. The topological polar surface area (TPSA) is 51.2 Å². The van der Waals surface area contributed by atoms with Gasteiger partial charge in [0.1, 0.15) is 11.8 Å². The summed E-state index contributed by atoms with van der Waals surface area (Å²) in [6.07, 6.45) is 1.06. The van der Waals surface area contributed by atoms with Gasteiger partial charge in [0, 0.05) is 12.3 Å². The maximum absolute atomic E-state index is 11.6. The Morgan fingerprint density at radius 1 is 1.37 bits per heavy atom. The monoisotopic (exact) mass is 388 g/mol. The van der Waals surface area contributed by atoms with Crippen molar-refractivity contribution in [3.05, 3.63) is 56.9 Å². The zero-order valence-corrected chi connectivity index (χ0v) is 12.7. The van der Waals surface area contributed by atoms with E-state index in [0.717, 1.165) is 9.13 Å². The molecule has 1 aromatic carbocycles. The first-order chi connectivity index (χ1) is 9.15. The highest BCUT2D eigenvalue weighted by Crippen LogP contribution is 2.20. The molecular formula is C13H10ClIN2O2. The lowest BCUT2D eigenvalue weighted by atomic mass is 10.2. The molecule has 0 saturated carbocycles. The Morgan fingerprint density at radius 2 is 2.11 bits per heavy atom. The van der Waals surface area contributed by atoms with Crippen molar-refractivity contribution in [1.29, 1.82) is 0 Å². The predicted octanol–water partition coefficient (Wildman–Crippen LogP) is 4.09. The highest BCUT2D eigenvalue weighted by molar-refractivity contribution is 14.1. The van der Waals surface area contributed by atoms with E-state index in [1.54, 1.807) is 12.3 Å². The van der Waals surface area contributed by atoms with Crippen molar-refractivity contribution < 1.29 is 9.53 Å². The first kappa shape index (κ1) is 14.1. The second-order valence-corrected chi connectivity index (χ2v) is 5.22. The molecule has 0 atom stereocenters. The predicted molar refractivity (Wildman–Crippen MR) is 82.2 cm³/mol. The van der Waals surface area contributed by atoms with Crippen LogP contribution >= 0.6 is 34.2 Å². The van der Waals surface area contributed by atoms with E-state index in [9.17, 15) is 4.79 Å². The molecule has 4 nitrogen and oxygen atoms in total. The smallest absolute Gasteiger partial charge is 0.411 e. The van der Waals surface area contributed by atoms with Crippen molar-refractivity contribution in [2.45, 2.75) is 6.61 Å². The summed E-state index contributed by atoms with van der Waals surface area (Å²) < 4.78 is 5.90. The summed E-state index contributed by atoms with van der Waals surface area (Å²) in [5.74, 6) is 0. The molecule has 0 fully saturated rings. The number of amides is 1. The minimum Gasteiger partial charge on any atom is -0.444 e. The normalized spacial score (nSPS) is 10.0. The second-order valence-electron chi connectivity index (χ2n) is 3.67. The molecule has 98 valence electrons. The number of rotatable bonds is 3. The molecule has 0 radical (unpaired) electrons. The number of hydrogen-bond acceptors (Lipinski definition) is 3. The van der Waals surface area contributed by atoms with Gasteiger partial charge in [-0.2, -0.15) is 0 Å². The number of anilines is 1. The highest BCUT2D eigenvalue weighted by atomic mass is 127. The summed E-state index contributed by atoms with van der Waals surface area (Å²) >= 11 is 7.83. The number of carbonyl (C=O) groups is 1. The van der Waals surface area contributed by atoms with E-state index in [-0.39, 0.29) is 6.61 Å². The molecule has 1 amide bonds. The highest BCUT2D eigenvalue weighted by Gasteiger charge is 2.07. The van der Waals surface area contributed by atoms with E-state index in [1.807, 2.05) is 30.3 Å². The molecule has 6 heteroatoms. The first-order valence-electron chi connectivity index (χ1n) is 5.44. The molecule has 0 unspecified atom stereocenters. The van der Waals surface area contributed by atoms with Crippen LogP contribution in [0.2, 0.25) is 5.15 Å². The Balaban J connectivity index is 1.93. The Morgan fingerprint density at radius 3 is 2.84 bits per heavy atom. The van der Waals surface area contributed by atoms with Crippen LogP contribution < -0.4 is 5.32 Å². The van der Waals surface area contributed by atoms with Gasteiger partial charge in [0.15, 0.2) is 0 Å². The summed E-state index contributed by atoms with van der Waals surface area (Å²) in [5.41, 5.74) is 1.51. The van der Waals surface area contributed by atoms with E-state index in [4.69, 9.17) is 16.3 Å². The number of nitrogens with zero attached hydrogens (tertiary/aromatic N) is 1. The van der Waals surface area contributed by atoms with Crippen LogP contribution in [0, 0.1) is 3.57 Å². The number of nitrogens with one attached hydrogen (secondary N) is 1. The van der Waals surface area contributed by atoms with Crippen molar-refractivity contribution in [3.8, 4) is 0 Å². The molecule has 0 bridgehead atoms. The van der Waals surface area contributed by atoms with Crippen molar-refractivity contribution in [2.75, 3.05) is 5.32 Å². The summed E-state index contributed by atoms with van der Waals surface area (Å²) in [6, 6.07) is 11.0. The van der Waals surface area contributed by atoms with Crippen LogP contribution in [-0.2, 0) is 11.3 Å². The lowest BCUT2D eigenvalue weighted by molar-refractivity contribution is 0.155. The van der Waals surface area contributed by atoms with Crippen molar-refractivity contribution in [1.82, 2.24) is 4.98 Å². The maximum atomic E-state index is 11.6. The van der Waals surface area contributed by atoms with E-state index >= 15 is 0 Å². The van der Waals surface area contributed by atoms with E-state index in [2.05, 4.69) is 32.9 Å². The van der Waals surface area contributed by atoms with Crippen molar-refractivity contribution in [3.63, 3.8) is 0 Å². The van der Waals surface area contributed by atoms with Gasteiger partial charge < -0.3 is 4.74 Å². The molecule has 0 aliphatic carbocycles. The van der Waals surface area contributed by atoms with Crippen LogP contribution in [0.25, 0.3) is 0 Å². The van der Waals surface area contributed by atoms with Crippen LogP contribution in [-0.4, -0.2) is 11.1 Å². The summed E-state index contributed by atoms with van der Waals surface area (Å²) in [4.78, 5) is 15.6. The average Bonchev–Trinajstić information content (AvgIpc) is 2.42. The second kappa shape index (κ2) is 6.72. The van der Waals surface area contributed by atoms with E-state index in [1.165, 1.54) is 0 Å². The fraction of sp³-hybridized carbons (Fsp3) is 0.0769. The third-order valence-electron chi connectivity index (χ3n) is 2.27. The van der Waals surface area contributed by atoms with Gasteiger partial charge in [0.2, 0.25) is 0 Å². The SMILES string of the molecule is O=C(Nc1cc(Cl)ncc1I)OCc1ccccc1. The van der Waals surface area contributed by atoms with Gasteiger partial charge in [-0.3, -0.25) is 5.32 Å². The lowest BCUT2D eigenvalue weighted by Crippen LogP contribution is -2.14. The molecule has 0 saturated heterocycles. The lowest BCUT2D eigenvalue weighted by Gasteiger charge is -2.08. The average molecular weight is 389 g/mol. The minimum absolute atomic E-state index is 0.224. The quantitative estimate of drug-likeness (QED) is 0.636. The fourth-order valence-electron chi connectivity index (χ4n) is 1.38. The van der Waals surface area contributed by atoms with Gasteiger partial charge in [-0.05, 0) is 28.2 Å². The summed E-state index contributed by atoms with van der Waals surface area (Å²) in [7, 11) is 0. The van der Waals surface area contributed by atoms with Crippen LogP contribution in [0.4, 0.5) is 10.5 Å². The number of aromatic nitrogens is 1. The van der Waals surface area contributed by atoms with Crippen LogP contribution in [0.1, 0.15) is 5.56 Å². The molecular weight excluding hydrogens is 379 g/mol. The number of halogens is 2. The number of carbonyl (C=O) groups excluding carboxylic acids is 1. The Kier molecular flexibility index (Phi) is 4.98. The molecule has 2 aromatic rings. The maximum Gasteiger partial charge on any atom is 0.411 e. The molecule has 0 aliphatic rings. The van der Waals surface area contributed by atoms with Crippen molar-refractivity contribution in [2.24, 2.45) is 0 Å². The standard InChI is InChI=1S/C13H10ClIN2O2/c14-12-6-11(10(15)7-16-12)17-13(18)19-8-9-4-2-1-3-5-9/h1-7H,8H2,(H,16,17,18). The molecule has 0 aliphatic heterocycles. The summed E-state index contributed by atoms with van der Waals surface area (Å²) in [6.45, 7) is 0.224. The zero-order chi connectivity index (χ0) is 13.7. The Hall–Kier alpha value is -1.34. The van der Waals surface area contributed by atoms with Crippen LogP contribution in [0.3, 0.4) is 0 Å². The van der Waals surface area contributed by atoms with Gasteiger partial charge in [-0.25, -0.2) is 9.78 Å². The number of benzene rings is 1. The van der Waals surface area contributed by atoms with Gasteiger partial charge >= 0.3 is 6.09 Å². The van der Waals surface area contributed by atoms with Crippen LogP contribution in [0.15, 0.2) is 42.6 Å². The van der Waals surface area contributed by atoms with E-state index < -0.39 is 6.09 Å². The third kappa shape index (κ3) is 4.36. The van der Waals surface area contributed by atoms with Gasteiger partial charge in [-0.15, -0.1) is 0 Å². The number of hydrogen-bond donors (Lipinski definition) is 1. The molecule has 1 heterocycles. The Labute approximate surface area is 129 Å². The van der Waals surface area contributed by atoms with Gasteiger partial charge in [0.05, 0.1) is 9.26 Å².